The summed E-state index contributed by atoms with van der Waals surface area (Å²) in [6, 6.07) is -0.352. The molecule has 0 aromatic carbocycles. The molecule has 0 aliphatic rings. The van der Waals surface area contributed by atoms with Gasteiger partial charge in [0, 0.05) is 6.54 Å². The van der Waals surface area contributed by atoms with Crippen LogP contribution in [0.2, 0.25) is 0 Å². The highest BCUT2D eigenvalue weighted by atomic mass is 19.4. The summed E-state index contributed by atoms with van der Waals surface area (Å²) in [7, 11) is 0. The summed E-state index contributed by atoms with van der Waals surface area (Å²) in [5.41, 5.74) is -1.57. The molecular formula is C12H17F3N2O3. The maximum Gasteiger partial charge on any atom is 0.437 e. The van der Waals surface area contributed by atoms with Crippen LogP contribution in [0.25, 0.3) is 0 Å². The zero-order valence-corrected chi connectivity index (χ0v) is 11.7. The van der Waals surface area contributed by atoms with Gasteiger partial charge in [-0.05, 0) is 12.3 Å². The minimum Gasteiger partial charge on any atom is -0.460 e. The first-order chi connectivity index (χ1) is 9.04. The summed E-state index contributed by atoms with van der Waals surface area (Å²) in [5, 5.41) is 2.63. The number of halogens is 3. The molecule has 8 heteroatoms. The molecule has 0 saturated carbocycles. The molecule has 1 aromatic rings. The normalized spacial score (nSPS) is 12.3. The van der Waals surface area contributed by atoms with Gasteiger partial charge in [-0.25, -0.2) is 4.79 Å². The van der Waals surface area contributed by atoms with Crippen LogP contribution in [0.5, 0.6) is 0 Å². The lowest BCUT2D eigenvalue weighted by Gasteiger charge is -2.17. The molecule has 0 atom stereocenters. The Hall–Kier alpha value is -1.73. The average Bonchev–Trinajstić information content (AvgIpc) is 2.69. The van der Waals surface area contributed by atoms with Crippen molar-refractivity contribution in [3.63, 3.8) is 0 Å². The van der Waals surface area contributed by atoms with E-state index in [0.717, 1.165) is 0 Å². The van der Waals surface area contributed by atoms with Gasteiger partial charge in [0.15, 0.2) is 5.69 Å². The predicted octanol–water partition coefficient (Wildman–Crippen LogP) is 3.33. The Labute approximate surface area is 114 Å². The van der Waals surface area contributed by atoms with E-state index in [2.05, 4.69) is 15.0 Å². The van der Waals surface area contributed by atoms with Crippen LogP contribution in [0, 0.1) is 5.41 Å². The lowest BCUT2D eigenvalue weighted by molar-refractivity contribution is -0.141. The number of hydrogen-bond donors (Lipinski definition) is 1. The third kappa shape index (κ3) is 4.43. The van der Waals surface area contributed by atoms with Gasteiger partial charge in [0.1, 0.15) is 0 Å². The fraction of sp³-hybridized carbons (Fsp3) is 0.667. The first-order valence-electron chi connectivity index (χ1n) is 6.03. The monoisotopic (exact) mass is 294 g/mol. The number of ether oxygens (including phenoxy) is 1. The van der Waals surface area contributed by atoms with Crippen LogP contribution >= 0.6 is 0 Å². The van der Waals surface area contributed by atoms with E-state index < -0.39 is 23.6 Å². The fourth-order valence-corrected chi connectivity index (χ4v) is 1.26. The fourth-order valence-electron chi connectivity index (χ4n) is 1.26. The van der Waals surface area contributed by atoms with Crippen LogP contribution in [0.15, 0.2) is 4.42 Å². The Morgan fingerprint density at radius 3 is 2.40 bits per heavy atom. The van der Waals surface area contributed by atoms with Crippen LogP contribution in [0.1, 0.15) is 43.9 Å². The molecule has 0 bridgehead atoms. The van der Waals surface area contributed by atoms with Crippen molar-refractivity contribution in [3.8, 4) is 0 Å². The van der Waals surface area contributed by atoms with Gasteiger partial charge in [0.25, 0.3) is 6.01 Å². The minimum atomic E-state index is -4.78. The number of oxazole rings is 1. The summed E-state index contributed by atoms with van der Waals surface area (Å²) in [4.78, 5) is 14.7. The Bertz CT molecular complexity index is 475. The van der Waals surface area contributed by atoms with E-state index in [1.807, 2.05) is 20.8 Å². The second-order valence-corrected chi connectivity index (χ2v) is 5.33. The lowest BCUT2D eigenvalue weighted by atomic mass is 9.97. The molecular weight excluding hydrogens is 277 g/mol. The Kier molecular flexibility index (Phi) is 4.67. The quantitative estimate of drug-likeness (QED) is 0.863. The molecule has 0 spiro atoms. The number of hydrogen-bond acceptors (Lipinski definition) is 5. The van der Waals surface area contributed by atoms with Crippen LogP contribution in [-0.4, -0.2) is 24.1 Å². The smallest absolute Gasteiger partial charge is 0.437 e. The topological polar surface area (TPSA) is 64.4 Å². The number of aromatic nitrogens is 1. The maximum absolute atomic E-state index is 12.8. The number of nitrogens with zero attached hydrogens (tertiary/aromatic N) is 1. The first kappa shape index (κ1) is 16.3. The van der Waals surface area contributed by atoms with E-state index in [9.17, 15) is 18.0 Å². The molecule has 20 heavy (non-hydrogen) atoms. The van der Waals surface area contributed by atoms with Crippen LogP contribution in [-0.2, 0) is 10.9 Å². The van der Waals surface area contributed by atoms with E-state index in [1.54, 1.807) is 0 Å². The summed E-state index contributed by atoms with van der Waals surface area (Å²) in [6.45, 7) is 7.44. The largest absolute Gasteiger partial charge is 0.460 e. The van der Waals surface area contributed by atoms with Gasteiger partial charge in [0.05, 0.1) is 6.61 Å². The van der Waals surface area contributed by atoms with Gasteiger partial charge in [-0.2, -0.15) is 18.2 Å². The third-order valence-electron chi connectivity index (χ3n) is 2.13. The molecule has 0 radical (unpaired) electrons. The molecule has 0 amide bonds. The Morgan fingerprint density at radius 1 is 1.35 bits per heavy atom. The molecule has 0 aliphatic heterocycles. The molecule has 0 saturated heterocycles. The Balaban J connectivity index is 3.03. The number of nitrogens with one attached hydrogen (secondary N) is 1. The average molecular weight is 294 g/mol. The van der Waals surface area contributed by atoms with Crippen molar-refractivity contribution in [3.05, 3.63) is 11.5 Å². The SMILES string of the molecule is CCOC(=O)c1oc(NCC(C)(C)C)nc1C(F)(F)F. The van der Waals surface area contributed by atoms with Gasteiger partial charge in [-0.15, -0.1) is 0 Å². The van der Waals surface area contributed by atoms with E-state index in [0.29, 0.717) is 6.54 Å². The second kappa shape index (κ2) is 5.72. The van der Waals surface area contributed by atoms with E-state index in [-0.39, 0.29) is 18.0 Å². The molecule has 0 aliphatic carbocycles. The highest BCUT2D eigenvalue weighted by Crippen LogP contribution is 2.33. The van der Waals surface area contributed by atoms with Gasteiger partial charge in [0.2, 0.25) is 5.76 Å². The highest BCUT2D eigenvalue weighted by Gasteiger charge is 2.41. The highest BCUT2D eigenvalue weighted by molar-refractivity contribution is 5.88. The number of rotatable bonds is 4. The van der Waals surface area contributed by atoms with Crippen molar-refractivity contribution in [2.75, 3.05) is 18.5 Å². The van der Waals surface area contributed by atoms with E-state index >= 15 is 0 Å². The first-order valence-corrected chi connectivity index (χ1v) is 6.03. The van der Waals surface area contributed by atoms with Gasteiger partial charge >= 0.3 is 12.1 Å². The zero-order chi connectivity index (χ0) is 15.6. The van der Waals surface area contributed by atoms with Gasteiger partial charge < -0.3 is 14.5 Å². The van der Waals surface area contributed by atoms with Crippen molar-refractivity contribution in [2.45, 2.75) is 33.9 Å². The second-order valence-electron chi connectivity index (χ2n) is 5.33. The molecule has 1 heterocycles. The van der Waals surface area contributed by atoms with E-state index in [1.165, 1.54) is 6.92 Å². The molecule has 114 valence electrons. The molecule has 1 N–H and O–H groups in total. The summed E-state index contributed by atoms with van der Waals surface area (Å²) in [6.07, 6.45) is -4.78. The molecule has 1 aromatic heterocycles. The number of carbonyl (C=O) groups excluding carboxylic acids is 1. The molecule has 5 nitrogen and oxygen atoms in total. The number of esters is 1. The van der Waals surface area contributed by atoms with Gasteiger partial charge in [-0.1, -0.05) is 20.8 Å². The predicted molar refractivity (Wildman–Crippen MR) is 65.4 cm³/mol. The molecule has 0 unspecified atom stereocenters. The van der Waals surface area contributed by atoms with Crippen LogP contribution in [0.3, 0.4) is 0 Å². The van der Waals surface area contributed by atoms with Crippen molar-refractivity contribution < 1.29 is 27.1 Å². The maximum atomic E-state index is 12.8. The molecule has 1 rings (SSSR count). The standard InChI is InChI=1S/C12H17F3N2O3/c1-5-19-9(18)7-8(12(13,14)15)17-10(20-7)16-6-11(2,3)4/h5-6H2,1-4H3,(H,16,17). The summed E-state index contributed by atoms with van der Waals surface area (Å²) in [5.74, 6) is -2.12. The summed E-state index contributed by atoms with van der Waals surface area (Å²) < 4.78 is 47.7. The minimum absolute atomic E-state index is 0.0540. The number of anilines is 1. The van der Waals surface area contributed by atoms with E-state index in [4.69, 9.17) is 4.42 Å². The molecule has 0 fully saturated rings. The van der Waals surface area contributed by atoms with Crippen molar-refractivity contribution in [1.29, 1.82) is 0 Å². The Morgan fingerprint density at radius 2 is 1.95 bits per heavy atom. The lowest BCUT2D eigenvalue weighted by Crippen LogP contribution is -2.19. The van der Waals surface area contributed by atoms with Crippen molar-refractivity contribution >= 4 is 12.0 Å². The van der Waals surface area contributed by atoms with Crippen molar-refractivity contribution in [2.24, 2.45) is 5.41 Å². The number of alkyl halides is 3. The number of carbonyl (C=O) groups is 1. The summed E-state index contributed by atoms with van der Waals surface area (Å²) >= 11 is 0. The van der Waals surface area contributed by atoms with Gasteiger partial charge in [-0.3, -0.25) is 0 Å². The third-order valence-corrected chi connectivity index (χ3v) is 2.13. The zero-order valence-electron chi connectivity index (χ0n) is 11.7. The van der Waals surface area contributed by atoms with Crippen LogP contribution in [0.4, 0.5) is 19.2 Å². The van der Waals surface area contributed by atoms with Crippen LogP contribution < -0.4 is 5.32 Å². The van der Waals surface area contributed by atoms with Crippen molar-refractivity contribution in [1.82, 2.24) is 4.98 Å².